The second-order valence-electron chi connectivity index (χ2n) is 6.94. The number of hydrogen-bond donors (Lipinski definition) is 1. The molecule has 0 saturated carbocycles. The van der Waals surface area contributed by atoms with Gasteiger partial charge in [-0.15, -0.1) is 0 Å². The monoisotopic (exact) mass is 332 g/mol. The first-order valence-electron chi connectivity index (χ1n) is 9.23. The fourth-order valence-corrected chi connectivity index (χ4v) is 3.11. The molecule has 1 atom stereocenters. The summed E-state index contributed by atoms with van der Waals surface area (Å²) in [7, 11) is 1.87. The van der Waals surface area contributed by atoms with Gasteiger partial charge in [0.15, 0.2) is 0 Å². The van der Waals surface area contributed by atoms with Gasteiger partial charge in [0.05, 0.1) is 6.04 Å². The van der Waals surface area contributed by atoms with Gasteiger partial charge in [0.2, 0.25) is 0 Å². The highest BCUT2D eigenvalue weighted by atomic mass is 16.2. The van der Waals surface area contributed by atoms with Crippen molar-refractivity contribution in [3.8, 4) is 0 Å². The standard InChI is InChI=1S/C19H32N4O/c1-16-9-10-18(15-20-16)17(2)21-19(24)22(3)11-8-14-23-12-6-4-5-7-13-23/h9-10,15,17H,4-8,11-14H2,1-3H3,(H,21,24). The first kappa shape index (κ1) is 18.7. The zero-order chi connectivity index (χ0) is 17.4. The lowest BCUT2D eigenvalue weighted by Gasteiger charge is -2.24. The SMILES string of the molecule is Cc1ccc(C(C)NC(=O)N(C)CCCN2CCCCCC2)cn1. The van der Waals surface area contributed by atoms with Crippen LogP contribution >= 0.6 is 0 Å². The van der Waals surface area contributed by atoms with Crippen molar-refractivity contribution in [3.05, 3.63) is 29.6 Å². The molecule has 134 valence electrons. The molecule has 1 saturated heterocycles. The molecule has 1 aliphatic rings. The van der Waals surface area contributed by atoms with Crippen molar-refractivity contribution in [2.24, 2.45) is 0 Å². The molecule has 5 nitrogen and oxygen atoms in total. The van der Waals surface area contributed by atoms with E-state index in [-0.39, 0.29) is 12.1 Å². The van der Waals surface area contributed by atoms with E-state index < -0.39 is 0 Å². The van der Waals surface area contributed by atoms with Crippen LogP contribution in [0.25, 0.3) is 0 Å². The van der Waals surface area contributed by atoms with Gasteiger partial charge in [-0.05, 0) is 64.4 Å². The summed E-state index contributed by atoms with van der Waals surface area (Å²) in [6.45, 7) is 8.28. The molecule has 1 aliphatic heterocycles. The summed E-state index contributed by atoms with van der Waals surface area (Å²) >= 11 is 0. The number of amides is 2. The third-order valence-electron chi connectivity index (χ3n) is 4.79. The molecule has 2 amide bonds. The summed E-state index contributed by atoms with van der Waals surface area (Å²) in [6.07, 6.45) is 8.23. The Morgan fingerprint density at radius 1 is 1.29 bits per heavy atom. The highest BCUT2D eigenvalue weighted by molar-refractivity contribution is 5.74. The summed E-state index contributed by atoms with van der Waals surface area (Å²) < 4.78 is 0. The molecule has 0 aromatic carbocycles. The quantitative estimate of drug-likeness (QED) is 0.869. The molecule has 1 aromatic heterocycles. The second-order valence-corrected chi connectivity index (χ2v) is 6.94. The van der Waals surface area contributed by atoms with Crippen LogP contribution in [-0.4, -0.2) is 54.0 Å². The maximum Gasteiger partial charge on any atom is 0.317 e. The fourth-order valence-electron chi connectivity index (χ4n) is 3.11. The number of nitrogens with zero attached hydrogens (tertiary/aromatic N) is 3. The summed E-state index contributed by atoms with van der Waals surface area (Å²) in [6, 6.07) is 3.95. The van der Waals surface area contributed by atoms with Crippen LogP contribution in [0.4, 0.5) is 4.79 Å². The van der Waals surface area contributed by atoms with Crippen LogP contribution in [-0.2, 0) is 0 Å². The van der Waals surface area contributed by atoms with Crippen molar-refractivity contribution in [3.63, 3.8) is 0 Å². The van der Waals surface area contributed by atoms with Crippen LogP contribution in [0, 0.1) is 6.92 Å². The van der Waals surface area contributed by atoms with Crippen molar-refractivity contribution in [2.75, 3.05) is 33.2 Å². The number of pyridine rings is 1. The zero-order valence-electron chi connectivity index (χ0n) is 15.4. The smallest absolute Gasteiger partial charge is 0.317 e. The van der Waals surface area contributed by atoms with E-state index in [1.165, 1.54) is 38.8 Å². The molecule has 0 radical (unpaired) electrons. The third-order valence-corrected chi connectivity index (χ3v) is 4.79. The van der Waals surface area contributed by atoms with Crippen LogP contribution < -0.4 is 5.32 Å². The summed E-state index contributed by atoms with van der Waals surface area (Å²) in [5.74, 6) is 0. The van der Waals surface area contributed by atoms with Crippen LogP contribution in [0.15, 0.2) is 18.3 Å². The molecule has 24 heavy (non-hydrogen) atoms. The predicted octanol–water partition coefficient (Wildman–Crippen LogP) is 3.36. The minimum atomic E-state index is -0.0290. The van der Waals surface area contributed by atoms with Crippen LogP contribution in [0.2, 0.25) is 0 Å². The Labute approximate surface area is 146 Å². The highest BCUT2D eigenvalue weighted by Gasteiger charge is 2.14. The molecule has 1 unspecified atom stereocenters. The van der Waals surface area contributed by atoms with Gasteiger partial charge in [-0.1, -0.05) is 18.9 Å². The molecule has 2 rings (SSSR count). The minimum Gasteiger partial charge on any atom is -0.331 e. The lowest BCUT2D eigenvalue weighted by molar-refractivity contribution is 0.200. The van der Waals surface area contributed by atoms with Gasteiger partial charge in [0.25, 0.3) is 0 Å². The molecular weight excluding hydrogens is 300 g/mol. The average Bonchev–Trinajstić information content (AvgIpc) is 2.84. The van der Waals surface area contributed by atoms with E-state index in [1.807, 2.05) is 39.2 Å². The van der Waals surface area contributed by atoms with Crippen LogP contribution in [0.5, 0.6) is 0 Å². The average molecular weight is 332 g/mol. The van der Waals surface area contributed by atoms with Gasteiger partial charge in [-0.25, -0.2) is 4.79 Å². The van der Waals surface area contributed by atoms with E-state index in [2.05, 4.69) is 15.2 Å². The molecule has 5 heteroatoms. The number of carbonyl (C=O) groups excluding carboxylic acids is 1. The highest BCUT2D eigenvalue weighted by Crippen LogP contribution is 2.12. The number of aryl methyl sites for hydroxylation is 1. The normalized spacial score (nSPS) is 17.1. The summed E-state index contributed by atoms with van der Waals surface area (Å²) in [4.78, 5) is 20.9. The number of carbonyl (C=O) groups is 1. The first-order valence-corrected chi connectivity index (χ1v) is 9.23. The van der Waals surface area contributed by atoms with E-state index in [1.54, 1.807) is 4.90 Å². The Bertz CT molecular complexity index is 495. The van der Waals surface area contributed by atoms with Crippen molar-refractivity contribution < 1.29 is 4.79 Å². The number of hydrogen-bond acceptors (Lipinski definition) is 3. The fraction of sp³-hybridized carbons (Fsp3) is 0.684. The Kier molecular flexibility index (Phi) is 7.50. The van der Waals surface area contributed by atoms with Crippen LogP contribution in [0.3, 0.4) is 0 Å². The number of nitrogens with one attached hydrogen (secondary N) is 1. The Morgan fingerprint density at radius 3 is 2.62 bits per heavy atom. The molecule has 1 N–H and O–H groups in total. The van der Waals surface area contributed by atoms with Gasteiger partial charge in [0, 0.05) is 25.5 Å². The molecule has 1 aromatic rings. The number of aromatic nitrogens is 1. The van der Waals surface area contributed by atoms with E-state index in [4.69, 9.17) is 0 Å². The molecule has 0 spiro atoms. The number of urea groups is 1. The van der Waals surface area contributed by atoms with Gasteiger partial charge in [0.1, 0.15) is 0 Å². The number of likely N-dealkylation sites (tertiary alicyclic amines) is 1. The van der Waals surface area contributed by atoms with Crippen molar-refractivity contribution in [2.45, 2.75) is 52.0 Å². The van der Waals surface area contributed by atoms with Gasteiger partial charge in [-0.3, -0.25) is 4.98 Å². The first-order chi connectivity index (χ1) is 11.6. The van der Waals surface area contributed by atoms with Crippen LogP contribution in [0.1, 0.15) is 56.3 Å². The molecule has 2 heterocycles. The largest absolute Gasteiger partial charge is 0.331 e. The molecule has 1 fully saturated rings. The summed E-state index contributed by atoms with van der Waals surface area (Å²) in [5.41, 5.74) is 2.02. The van der Waals surface area contributed by atoms with E-state index in [9.17, 15) is 4.79 Å². The minimum absolute atomic E-state index is 0.0149. The number of rotatable bonds is 6. The van der Waals surface area contributed by atoms with Gasteiger partial charge < -0.3 is 15.1 Å². The van der Waals surface area contributed by atoms with Crippen molar-refractivity contribution in [1.82, 2.24) is 20.1 Å². The Hall–Kier alpha value is -1.62. The van der Waals surface area contributed by atoms with E-state index in [0.29, 0.717) is 0 Å². The van der Waals surface area contributed by atoms with Crippen molar-refractivity contribution in [1.29, 1.82) is 0 Å². The third kappa shape index (κ3) is 6.11. The summed E-state index contributed by atoms with van der Waals surface area (Å²) in [5, 5.41) is 3.05. The van der Waals surface area contributed by atoms with Gasteiger partial charge in [-0.2, -0.15) is 0 Å². The zero-order valence-corrected chi connectivity index (χ0v) is 15.4. The van der Waals surface area contributed by atoms with Gasteiger partial charge >= 0.3 is 6.03 Å². The Morgan fingerprint density at radius 2 is 2.00 bits per heavy atom. The molecule has 0 bridgehead atoms. The van der Waals surface area contributed by atoms with Crippen molar-refractivity contribution >= 4 is 6.03 Å². The predicted molar refractivity (Wildman–Crippen MR) is 98.1 cm³/mol. The molecular formula is C19H32N4O. The maximum absolute atomic E-state index is 12.3. The lowest BCUT2D eigenvalue weighted by atomic mass is 10.1. The Balaban J connectivity index is 1.70. The lowest BCUT2D eigenvalue weighted by Crippen LogP contribution is -2.40. The molecule has 0 aliphatic carbocycles. The topological polar surface area (TPSA) is 48.5 Å². The van der Waals surface area contributed by atoms with E-state index >= 15 is 0 Å². The maximum atomic E-state index is 12.3. The van der Waals surface area contributed by atoms with E-state index in [0.717, 1.165) is 30.8 Å². The second kappa shape index (κ2) is 9.62.